The fourth-order valence-corrected chi connectivity index (χ4v) is 3.62. The van der Waals surface area contributed by atoms with Crippen LogP contribution in [0.4, 0.5) is 0 Å². The van der Waals surface area contributed by atoms with Crippen molar-refractivity contribution in [1.29, 1.82) is 0 Å². The molecule has 1 aromatic rings. The zero-order valence-electron chi connectivity index (χ0n) is 11.6. The zero-order valence-corrected chi connectivity index (χ0v) is 13.1. The Balaban J connectivity index is 2.19. The molecule has 0 saturated heterocycles. The van der Waals surface area contributed by atoms with Gasteiger partial charge in [-0.05, 0) is 55.5 Å². The van der Waals surface area contributed by atoms with Crippen molar-refractivity contribution in [3.05, 3.63) is 33.8 Å². The van der Waals surface area contributed by atoms with Gasteiger partial charge in [0.1, 0.15) is 0 Å². The fourth-order valence-electron chi connectivity index (χ4n) is 3.08. The smallest absolute Gasteiger partial charge is 0.0424 e. The first-order valence-electron chi connectivity index (χ1n) is 7.40. The molecule has 3 heteroatoms. The number of rotatable bonds is 5. The van der Waals surface area contributed by atoms with E-state index >= 15 is 0 Å². The van der Waals surface area contributed by atoms with Crippen molar-refractivity contribution in [2.45, 2.75) is 51.5 Å². The second-order valence-electron chi connectivity index (χ2n) is 5.53. The number of benzene rings is 1. The summed E-state index contributed by atoms with van der Waals surface area (Å²) in [7, 11) is 0. The van der Waals surface area contributed by atoms with Crippen LogP contribution in [0.15, 0.2) is 18.2 Å². The molecule has 1 unspecified atom stereocenters. The van der Waals surface area contributed by atoms with Crippen LogP contribution in [0, 0.1) is 5.92 Å². The van der Waals surface area contributed by atoms with Crippen LogP contribution in [-0.4, -0.2) is 6.54 Å². The molecule has 0 radical (unpaired) electrons. The highest BCUT2D eigenvalue weighted by atomic mass is 35.5. The van der Waals surface area contributed by atoms with Crippen molar-refractivity contribution in [2.24, 2.45) is 5.92 Å². The van der Waals surface area contributed by atoms with E-state index in [2.05, 4.69) is 24.4 Å². The van der Waals surface area contributed by atoms with Crippen LogP contribution in [0.1, 0.15) is 57.1 Å². The summed E-state index contributed by atoms with van der Waals surface area (Å²) in [5.74, 6) is 0.717. The molecule has 19 heavy (non-hydrogen) atoms. The summed E-state index contributed by atoms with van der Waals surface area (Å²) in [4.78, 5) is 0. The van der Waals surface area contributed by atoms with Gasteiger partial charge in [-0.25, -0.2) is 0 Å². The average Bonchev–Trinajstić information content (AvgIpc) is 2.39. The highest BCUT2D eigenvalue weighted by Gasteiger charge is 2.24. The van der Waals surface area contributed by atoms with E-state index in [0.717, 1.165) is 28.9 Å². The monoisotopic (exact) mass is 299 g/mol. The first-order chi connectivity index (χ1) is 9.20. The van der Waals surface area contributed by atoms with Crippen LogP contribution in [0.5, 0.6) is 0 Å². The lowest BCUT2D eigenvalue weighted by atomic mass is 9.81. The second-order valence-corrected chi connectivity index (χ2v) is 6.41. The molecule has 0 amide bonds. The maximum Gasteiger partial charge on any atom is 0.0424 e. The lowest BCUT2D eigenvalue weighted by Gasteiger charge is -2.31. The fraction of sp³-hybridized carbons (Fsp3) is 0.625. The lowest BCUT2D eigenvalue weighted by molar-refractivity contribution is 0.272. The molecule has 0 aliphatic heterocycles. The van der Waals surface area contributed by atoms with Crippen LogP contribution in [0.2, 0.25) is 10.0 Å². The predicted octanol–water partition coefficient (Wildman–Crippen LogP) is 5.61. The number of hydrogen-bond acceptors (Lipinski definition) is 1. The molecule has 0 aromatic heterocycles. The maximum atomic E-state index is 6.15. The van der Waals surface area contributed by atoms with Gasteiger partial charge >= 0.3 is 0 Å². The van der Waals surface area contributed by atoms with E-state index in [1.54, 1.807) is 0 Å². The topological polar surface area (TPSA) is 12.0 Å². The standard InChI is InChI=1S/C16H23Cl2N/c1-2-8-19-16(12-6-4-3-5-7-12)13-9-14(17)11-15(18)10-13/h9-12,16,19H,2-8H2,1H3. The average molecular weight is 300 g/mol. The van der Waals surface area contributed by atoms with E-state index in [1.165, 1.54) is 37.7 Å². The van der Waals surface area contributed by atoms with Gasteiger partial charge < -0.3 is 5.32 Å². The maximum absolute atomic E-state index is 6.15. The van der Waals surface area contributed by atoms with Crippen LogP contribution in [0.25, 0.3) is 0 Å². The summed E-state index contributed by atoms with van der Waals surface area (Å²) in [6.45, 7) is 3.25. The molecule has 2 rings (SSSR count). The minimum Gasteiger partial charge on any atom is -0.310 e. The Labute approximate surface area is 126 Å². The molecule has 1 saturated carbocycles. The first-order valence-corrected chi connectivity index (χ1v) is 8.15. The highest BCUT2D eigenvalue weighted by Crippen LogP contribution is 2.36. The Morgan fingerprint density at radius 3 is 2.32 bits per heavy atom. The van der Waals surface area contributed by atoms with Crippen molar-refractivity contribution in [3.8, 4) is 0 Å². The predicted molar refractivity (Wildman–Crippen MR) is 84.1 cm³/mol. The SMILES string of the molecule is CCCNC(c1cc(Cl)cc(Cl)c1)C1CCCCC1. The molecule has 1 atom stereocenters. The van der Waals surface area contributed by atoms with E-state index in [1.807, 2.05) is 6.07 Å². The molecular formula is C16H23Cl2N. The third kappa shape index (κ3) is 4.37. The molecule has 1 fully saturated rings. The van der Waals surface area contributed by atoms with E-state index in [-0.39, 0.29) is 0 Å². The van der Waals surface area contributed by atoms with Crippen molar-refractivity contribution < 1.29 is 0 Å². The van der Waals surface area contributed by atoms with Gasteiger partial charge in [0.2, 0.25) is 0 Å². The summed E-state index contributed by atoms with van der Waals surface area (Å²) in [6, 6.07) is 6.34. The summed E-state index contributed by atoms with van der Waals surface area (Å²) in [5, 5.41) is 5.17. The van der Waals surface area contributed by atoms with Gasteiger partial charge in [0.25, 0.3) is 0 Å². The Morgan fingerprint density at radius 1 is 1.11 bits per heavy atom. The summed E-state index contributed by atoms with van der Waals surface area (Å²) >= 11 is 12.3. The van der Waals surface area contributed by atoms with Gasteiger partial charge in [0.05, 0.1) is 0 Å². The third-order valence-corrected chi connectivity index (χ3v) is 4.42. The number of nitrogens with one attached hydrogen (secondary N) is 1. The minimum absolute atomic E-state index is 0.399. The summed E-state index contributed by atoms with van der Waals surface area (Å²) in [6.07, 6.45) is 7.86. The normalized spacial score (nSPS) is 18.5. The molecule has 0 heterocycles. The Hall–Kier alpha value is -0.240. The largest absolute Gasteiger partial charge is 0.310 e. The van der Waals surface area contributed by atoms with E-state index in [0.29, 0.717) is 6.04 Å². The molecule has 0 spiro atoms. The molecule has 1 N–H and O–H groups in total. The second kappa shape index (κ2) is 7.52. The quantitative estimate of drug-likeness (QED) is 0.744. The van der Waals surface area contributed by atoms with Crippen molar-refractivity contribution in [2.75, 3.05) is 6.54 Å². The van der Waals surface area contributed by atoms with Crippen LogP contribution in [0.3, 0.4) is 0 Å². The van der Waals surface area contributed by atoms with Crippen molar-refractivity contribution in [3.63, 3.8) is 0 Å². The van der Waals surface area contributed by atoms with Gasteiger partial charge in [0, 0.05) is 16.1 Å². The molecule has 1 nitrogen and oxygen atoms in total. The van der Waals surface area contributed by atoms with Gasteiger partial charge in [-0.15, -0.1) is 0 Å². The first kappa shape index (κ1) is 15.2. The summed E-state index contributed by atoms with van der Waals surface area (Å²) < 4.78 is 0. The van der Waals surface area contributed by atoms with Gasteiger partial charge in [-0.1, -0.05) is 49.4 Å². The van der Waals surface area contributed by atoms with E-state index in [4.69, 9.17) is 23.2 Å². The molecular weight excluding hydrogens is 277 g/mol. The molecule has 0 bridgehead atoms. The Morgan fingerprint density at radius 2 is 1.74 bits per heavy atom. The van der Waals surface area contributed by atoms with Gasteiger partial charge in [-0.2, -0.15) is 0 Å². The molecule has 1 aliphatic carbocycles. The van der Waals surface area contributed by atoms with Gasteiger partial charge in [-0.3, -0.25) is 0 Å². The van der Waals surface area contributed by atoms with Crippen molar-refractivity contribution >= 4 is 23.2 Å². The van der Waals surface area contributed by atoms with E-state index in [9.17, 15) is 0 Å². The number of hydrogen-bond donors (Lipinski definition) is 1. The van der Waals surface area contributed by atoms with Crippen LogP contribution in [-0.2, 0) is 0 Å². The lowest BCUT2D eigenvalue weighted by Crippen LogP contribution is -2.30. The Bertz CT molecular complexity index is 379. The molecule has 1 aliphatic rings. The summed E-state index contributed by atoms with van der Waals surface area (Å²) in [5.41, 5.74) is 1.25. The van der Waals surface area contributed by atoms with Crippen LogP contribution >= 0.6 is 23.2 Å². The number of halogens is 2. The van der Waals surface area contributed by atoms with E-state index < -0.39 is 0 Å². The molecule has 106 valence electrons. The van der Waals surface area contributed by atoms with Crippen LogP contribution < -0.4 is 5.32 Å². The minimum atomic E-state index is 0.399. The van der Waals surface area contributed by atoms with Gasteiger partial charge in [0.15, 0.2) is 0 Å². The van der Waals surface area contributed by atoms with Crippen molar-refractivity contribution in [1.82, 2.24) is 5.32 Å². The third-order valence-electron chi connectivity index (χ3n) is 3.98. The molecule has 1 aromatic carbocycles. The Kier molecular flexibility index (Phi) is 6.00. The highest BCUT2D eigenvalue weighted by molar-refractivity contribution is 6.34. The zero-order chi connectivity index (χ0) is 13.7.